The van der Waals surface area contributed by atoms with Gasteiger partial charge in [-0.15, -0.1) is 0 Å². The molecule has 1 fully saturated rings. The van der Waals surface area contributed by atoms with E-state index in [0.29, 0.717) is 6.54 Å². The number of hydrogen-bond acceptors (Lipinski definition) is 2. The van der Waals surface area contributed by atoms with E-state index in [0.717, 1.165) is 18.5 Å². The van der Waals surface area contributed by atoms with Gasteiger partial charge in [0.15, 0.2) is 0 Å². The number of likely N-dealkylation sites (tertiary alicyclic amines) is 1. The van der Waals surface area contributed by atoms with E-state index < -0.39 is 0 Å². The van der Waals surface area contributed by atoms with Crippen molar-refractivity contribution in [1.29, 1.82) is 0 Å². The summed E-state index contributed by atoms with van der Waals surface area (Å²) in [5, 5.41) is 3.17. The highest BCUT2D eigenvalue weighted by Gasteiger charge is 2.18. The van der Waals surface area contributed by atoms with Gasteiger partial charge in [-0.2, -0.15) is 0 Å². The lowest BCUT2D eigenvalue weighted by Gasteiger charge is -2.27. The second-order valence-corrected chi connectivity index (χ2v) is 7.19. The molecule has 3 nitrogen and oxygen atoms in total. The topological polar surface area (TPSA) is 32.3 Å². The van der Waals surface area contributed by atoms with Gasteiger partial charge >= 0.3 is 0 Å². The second kappa shape index (κ2) is 9.54. The average molecular weight is 351 g/mol. The number of carbonyl (C=O) groups is 1. The molecule has 1 unspecified atom stereocenters. The van der Waals surface area contributed by atoms with Gasteiger partial charge in [0.1, 0.15) is 0 Å². The zero-order valence-electron chi connectivity index (χ0n) is 15.8. The number of nitrogens with zero attached hydrogens (tertiary/aromatic N) is 1. The lowest BCUT2D eigenvalue weighted by molar-refractivity contribution is -0.122. The number of rotatable bonds is 7. The minimum absolute atomic E-state index is 0.0783. The van der Waals surface area contributed by atoms with Crippen molar-refractivity contribution >= 4 is 5.91 Å². The molecule has 1 amide bonds. The van der Waals surface area contributed by atoms with Gasteiger partial charge in [0.05, 0.1) is 5.92 Å². The molecule has 1 N–H and O–H groups in total. The Labute approximate surface area is 157 Å². The van der Waals surface area contributed by atoms with Gasteiger partial charge in [-0.05, 0) is 49.0 Å². The number of carbonyl (C=O) groups excluding carboxylic acids is 1. The molecule has 3 rings (SSSR count). The summed E-state index contributed by atoms with van der Waals surface area (Å²) < 4.78 is 0. The van der Waals surface area contributed by atoms with E-state index >= 15 is 0 Å². The summed E-state index contributed by atoms with van der Waals surface area (Å²) in [7, 11) is 0. The van der Waals surface area contributed by atoms with Crippen molar-refractivity contribution in [2.75, 3.05) is 13.1 Å². The minimum atomic E-state index is -0.0783. The average Bonchev–Trinajstić information content (AvgIpc) is 2.69. The molecule has 1 aliphatic rings. The van der Waals surface area contributed by atoms with Crippen LogP contribution >= 0.6 is 0 Å². The summed E-state index contributed by atoms with van der Waals surface area (Å²) in [4.78, 5) is 15.3. The first-order valence-corrected chi connectivity index (χ1v) is 9.89. The lowest BCUT2D eigenvalue weighted by Crippen LogP contribution is -2.31. The number of amides is 1. The zero-order valence-corrected chi connectivity index (χ0v) is 15.8. The van der Waals surface area contributed by atoms with Crippen LogP contribution in [0, 0.1) is 0 Å². The first-order chi connectivity index (χ1) is 12.8. The predicted molar refractivity (Wildman–Crippen MR) is 107 cm³/mol. The molecular weight excluding hydrogens is 320 g/mol. The largest absolute Gasteiger partial charge is 0.351 e. The van der Waals surface area contributed by atoms with Crippen LogP contribution in [0.1, 0.15) is 55.2 Å². The Morgan fingerprint density at radius 3 is 2.31 bits per heavy atom. The normalized spacial score (nSPS) is 16.2. The summed E-state index contributed by atoms with van der Waals surface area (Å²) in [6.07, 6.45) is 4.76. The van der Waals surface area contributed by atoms with E-state index in [9.17, 15) is 4.79 Å². The van der Waals surface area contributed by atoms with Gasteiger partial charge in [-0.1, -0.05) is 67.9 Å². The Morgan fingerprint density at radius 1 is 0.962 bits per heavy atom. The van der Waals surface area contributed by atoms with Crippen molar-refractivity contribution in [1.82, 2.24) is 10.2 Å². The van der Waals surface area contributed by atoms with Crippen molar-refractivity contribution in [3.63, 3.8) is 0 Å². The molecule has 1 saturated heterocycles. The van der Waals surface area contributed by atoms with Crippen molar-refractivity contribution < 1.29 is 4.79 Å². The molecular formula is C23H30N2O. The van der Waals surface area contributed by atoms with Gasteiger partial charge in [-0.3, -0.25) is 9.69 Å². The molecule has 0 aromatic heterocycles. The molecule has 1 heterocycles. The quantitative estimate of drug-likeness (QED) is 0.798. The Balaban J connectivity index is 1.62. The van der Waals surface area contributed by atoms with Crippen molar-refractivity contribution in [3.05, 3.63) is 71.3 Å². The Hall–Kier alpha value is -2.13. The maximum Gasteiger partial charge on any atom is 0.227 e. The van der Waals surface area contributed by atoms with Gasteiger partial charge in [0.25, 0.3) is 0 Å². The molecule has 0 spiro atoms. The monoisotopic (exact) mass is 350 g/mol. The third kappa shape index (κ3) is 4.95. The fraction of sp³-hybridized carbons (Fsp3) is 0.435. The van der Waals surface area contributed by atoms with Crippen LogP contribution in [0.25, 0.3) is 0 Å². The first-order valence-electron chi connectivity index (χ1n) is 9.89. The molecule has 26 heavy (non-hydrogen) atoms. The number of benzene rings is 2. The molecule has 3 heteroatoms. The van der Waals surface area contributed by atoms with Crippen LogP contribution in [0.4, 0.5) is 0 Å². The molecule has 1 aliphatic heterocycles. The highest BCUT2D eigenvalue weighted by Crippen LogP contribution is 2.20. The van der Waals surface area contributed by atoms with Crippen molar-refractivity contribution in [3.8, 4) is 0 Å². The Morgan fingerprint density at radius 2 is 1.62 bits per heavy atom. The SMILES string of the molecule is CCC(C(=O)NCc1ccccc1CN1CCCCC1)c1ccccc1. The number of nitrogens with one attached hydrogen (secondary N) is 1. The smallest absolute Gasteiger partial charge is 0.227 e. The van der Waals surface area contributed by atoms with E-state index in [2.05, 4.69) is 41.4 Å². The summed E-state index contributed by atoms with van der Waals surface area (Å²) in [5.41, 5.74) is 3.66. The fourth-order valence-corrected chi connectivity index (χ4v) is 3.81. The molecule has 0 saturated carbocycles. The third-order valence-corrected chi connectivity index (χ3v) is 5.34. The summed E-state index contributed by atoms with van der Waals surface area (Å²) in [5.74, 6) is 0.0388. The van der Waals surface area contributed by atoms with Crippen molar-refractivity contribution in [2.45, 2.75) is 51.6 Å². The van der Waals surface area contributed by atoms with Gasteiger partial charge < -0.3 is 5.32 Å². The van der Waals surface area contributed by atoms with Gasteiger partial charge in [-0.25, -0.2) is 0 Å². The standard InChI is InChI=1S/C23H30N2O/c1-2-22(19-11-5-3-6-12-19)23(26)24-17-20-13-7-8-14-21(20)18-25-15-9-4-10-16-25/h3,5-8,11-14,22H,2,4,9-10,15-18H2,1H3,(H,24,26). The first kappa shape index (κ1) is 18.7. The maximum atomic E-state index is 12.7. The van der Waals surface area contributed by atoms with E-state index in [1.807, 2.05) is 30.3 Å². The highest BCUT2D eigenvalue weighted by atomic mass is 16.1. The van der Waals surface area contributed by atoms with Crippen molar-refractivity contribution in [2.24, 2.45) is 0 Å². The van der Waals surface area contributed by atoms with Gasteiger partial charge in [0.2, 0.25) is 5.91 Å². The van der Waals surface area contributed by atoms with Crippen LogP contribution in [0.2, 0.25) is 0 Å². The van der Waals surface area contributed by atoms with E-state index in [1.165, 1.54) is 43.5 Å². The van der Waals surface area contributed by atoms with E-state index in [1.54, 1.807) is 0 Å². The van der Waals surface area contributed by atoms with E-state index in [-0.39, 0.29) is 11.8 Å². The molecule has 0 radical (unpaired) electrons. The van der Waals surface area contributed by atoms with Crippen LogP contribution in [0.3, 0.4) is 0 Å². The summed E-state index contributed by atoms with van der Waals surface area (Å²) in [6.45, 7) is 6.04. The summed E-state index contributed by atoms with van der Waals surface area (Å²) in [6, 6.07) is 18.6. The maximum absolute atomic E-state index is 12.7. The van der Waals surface area contributed by atoms with Crippen LogP contribution < -0.4 is 5.32 Å². The third-order valence-electron chi connectivity index (χ3n) is 5.34. The van der Waals surface area contributed by atoms with Crippen LogP contribution in [-0.2, 0) is 17.9 Å². The number of piperidine rings is 1. The molecule has 2 aromatic rings. The Kier molecular flexibility index (Phi) is 6.84. The molecule has 0 aliphatic carbocycles. The molecule has 138 valence electrons. The van der Waals surface area contributed by atoms with Crippen LogP contribution in [0.5, 0.6) is 0 Å². The number of hydrogen-bond donors (Lipinski definition) is 1. The zero-order chi connectivity index (χ0) is 18.2. The van der Waals surface area contributed by atoms with E-state index in [4.69, 9.17) is 0 Å². The predicted octanol–water partition coefficient (Wildman–Crippen LogP) is 4.48. The highest BCUT2D eigenvalue weighted by molar-refractivity contribution is 5.83. The molecule has 1 atom stereocenters. The van der Waals surface area contributed by atoms with Crippen LogP contribution in [-0.4, -0.2) is 23.9 Å². The lowest BCUT2D eigenvalue weighted by atomic mass is 9.95. The van der Waals surface area contributed by atoms with Gasteiger partial charge in [0, 0.05) is 13.1 Å². The minimum Gasteiger partial charge on any atom is -0.351 e. The molecule has 2 aromatic carbocycles. The summed E-state index contributed by atoms with van der Waals surface area (Å²) >= 11 is 0. The molecule has 0 bridgehead atoms. The Bertz CT molecular complexity index is 692. The second-order valence-electron chi connectivity index (χ2n) is 7.19. The fourth-order valence-electron chi connectivity index (χ4n) is 3.81. The van der Waals surface area contributed by atoms with Crippen LogP contribution in [0.15, 0.2) is 54.6 Å².